The van der Waals surface area contributed by atoms with Crippen molar-refractivity contribution in [1.29, 1.82) is 0 Å². The Morgan fingerprint density at radius 2 is 2.00 bits per heavy atom. The number of hydrogen-bond donors (Lipinski definition) is 1. The van der Waals surface area contributed by atoms with Crippen LogP contribution in [0, 0.1) is 5.92 Å². The lowest BCUT2D eigenvalue weighted by Crippen LogP contribution is -2.54. The summed E-state index contributed by atoms with van der Waals surface area (Å²) in [7, 11) is 1.80. The molecule has 1 saturated carbocycles. The quantitative estimate of drug-likeness (QED) is 0.867. The van der Waals surface area contributed by atoms with Gasteiger partial charge in [0.15, 0.2) is 0 Å². The Kier molecular flexibility index (Phi) is 5.57. The van der Waals surface area contributed by atoms with E-state index in [1.54, 1.807) is 23.7 Å². The van der Waals surface area contributed by atoms with Crippen LogP contribution < -0.4 is 0 Å². The van der Waals surface area contributed by atoms with Gasteiger partial charge in [-0.05, 0) is 18.8 Å². The molecule has 1 aliphatic heterocycles. The van der Waals surface area contributed by atoms with Crippen molar-refractivity contribution in [3.05, 3.63) is 0 Å². The Morgan fingerprint density at radius 1 is 1.30 bits per heavy atom. The van der Waals surface area contributed by atoms with E-state index in [0.717, 1.165) is 12.3 Å². The third-order valence-corrected chi connectivity index (χ3v) is 5.27. The highest BCUT2D eigenvalue weighted by molar-refractivity contribution is 7.99. The van der Waals surface area contributed by atoms with Crippen molar-refractivity contribution < 1.29 is 14.7 Å². The maximum atomic E-state index is 12.5. The summed E-state index contributed by atoms with van der Waals surface area (Å²) in [5, 5.41) is 9.24. The van der Waals surface area contributed by atoms with Crippen molar-refractivity contribution in [2.45, 2.75) is 38.1 Å². The van der Waals surface area contributed by atoms with E-state index < -0.39 is 12.0 Å². The molecule has 114 valence electrons. The molecule has 1 unspecified atom stereocenters. The number of thioether (sulfide) groups is 1. The molecule has 6 heteroatoms. The maximum Gasteiger partial charge on any atom is 0.327 e. The van der Waals surface area contributed by atoms with Crippen molar-refractivity contribution in [3.63, 3.8) is 0 Å². The fourth-order valence-electron chi connectivity index (χ4n) is 3.09. The van der Waals surface area contributed by atoms with E-state index in [9.17, 15) is 14.7 Å². The van der Waals surface area contributed by atoms with Gasteiger partial charge in [-0.3, -0.25) is 0 Å². The molecule has 0 aromatic rings. The first-order valence-corrected chi connectivity index (χ1v) is 8.57. The minimum Gasteiger partial charge on any atom is -0.480 e. The summed E-state index contributed by atoms with van der Waals surface area (Å²) in [4.78, 5) is 27.0. The molecular formula is C14H24N2O3S. The molecule has 20 heavy (non-hydrogen) atoms. The first-order chi connectivity index (χ1) is 9.59. The van der Waals surface area contributed by atoms with Crippen LogP contribution in [-0.4, -0.2) is 64.6 Å². The Morgan fingerprint density at radius 3 is 2.65 bits per heavy atom. The average molecular weight is 300 g/mol. The molecule has 0 spiro atoms. The minimum atomic E-state index is -0.892. The number of carboxylic acids is 1. The smallest absolute Gasteiger partial charge is 0.327 e. The number of rotatable bonds is 3. The lowest BCUT2D eigenvalue weighted by Gasteiger charge is -2.36. The number of carbonyl (C=O) groups is 2. The summed E-state index contributed by atoms with van der Waals surface area (Å²) in [6.07, 6.45) is 6.19. The van der Waals surface area contributed by atoms with Gasteiger partial charge in [0.05, 0.1) is 0 Å². The van der Waals surface area contributed by atoms with Crippen molar-refractivity contribution in [3.8, 4) is 0 Å². The average Bonchev–Trinajstić information content (AvgIpc) is 2.47. The summed E-state index contributed by atoms with van der Waals surface area (Å²) in [5.41, 5.74) is 0. The highest BCUT2D eigenvalue weighted by Gasteiger charge is 2.34. The summed E-state index contributed by atoms with van der Waals surface area (Å²) in [5.74, 6) is 1.02. The second-order valence-corrected chi connectivity index (χ2v) is 6.94. The zero-order valence-electron chi connectivity index (χ0n) is 12.1. The van der Waals surface area contributed by atoms with E-state index in [2.05, 4.69) is 0 Å². The summed E-state index contributed by atoms with van der Waals surface area (Å²) in [6, 6.07) is -0.793. The van der Waals surface area contributed by atoms with Gasteiger partial charge < -0.3 is 14.9 Å². The normalized spacial score (nSPS) is 24.4. The number of amides is 2. The van der Waals surface area contributed by atoms with E-state index in [4.69, 9.17) is 0 Å². The third kappa shape index (κ3) is 3.81. The molecule has 2 aliphatic rings. The number of carbonyl (C=O) groups excluding carboxylic acids is 1. The van der Waals surface area contributed by atoms with Crippen LogP contribution in [-0.2, 0) is 4.79 Å². The van der Waals surface area contributed by atoms with Crippen LogP contribution in [0.4, 0.5) is 4.79 Å². The second-order valence-electron chi connectivity index (χ2n) is 5.79. The van der Waals surface area contributed by atoms with Gasteiger partial charge in [-0.25, -0.2) is 9.59 Å². The van der Waals surface area contributed by atoms with E-state index in [-0.39, 0.29) is 6.03 Å². The van der Waals surface area contributed by atoms with Crippen molar-refractivity contribution >= 4 is 23.8 Å². The Hall–Kier alpha value is -0.910. The summed E-state index contributed by atoms with van der Waals surface area (Å²) < 4.78 is 0. The van der Waals surface area contributed by atoms with E-state index in [1.165, 1.54) is 37.0 Å². The molecule has 1 saturated heterocycles. The van der Waals surface area contributed by atoms with Crippen LogP contribution in [0.2, 0.25) is 0 Å². The number of nitrogens with zero attached hydrogens (tertiary/aromatic N) is 2. The fourth-order valence-corrected chi connectivity index (χ4v) is 4.13. The molecule has 0 bridgehead atoms. The Labute approximate surface area is 124 Å². The van der Waals surface area contributed by atoms with Gasteiger partial charge in [-0.2, -0.15) is 11.8 Å². The van der Waals surface area contributed by atoms with Crippen LogP contribution in [0.1, 0.15) is 32.1 Å². The van der Waals surface area contributed by atoms with Gasteiger partial charge in [-0.1, -0.05) is 19.3 Å². The highest BCUT2D eigenvalue weighted by Crippen LogP contribution is 2.25. The van der Waals surface area contributed by atoms with Gasteiger partial charge in [0.25, 0.3) is 0 Å². The fraction of sp³-hybridized carbons (Fsp3) is 0.857. The largest absolute Gasteiger partial charge is 0.480 e. The van der Waals surface area contributed by atoms with Gasteiger partial charge in [0.2, 0.25) is 0 Å². The molecule has 2 fully saturated rings. The Balaban J connectivity index is 1.92. The van der Waals surface area contributed by atoms with E-state index in [1.807, 2.05) is 0 Å². The number of urea groups is 1. The van der Waals surface area contributed by atoms with Gasteiger partial charge in [0.1, 0.15) is 6.04 Å². The van der Waals surface area contributed by atoms with Crippen LogP contribution in [0.15, 0.2) is 0 Å². The molecule has 5 nitrogen and oxygen atoms in total. The van der Waals surface area contributed by atoms with E-state index >= 15 is 0 Å². The van der Waals surface area contributed by atoms with E-state index in [0.29, 0.717) is 18.2 Å². The van der Waals surface area contributed by atoms with Crippen molar-refractivity contribution in [1.82, 2.24) is 9.80 Å². The first kappa shape index (κ1) is 15.5. The second kappa shape index (κ2) is 7.20. The molecule has 0 aromatic heterocycles. The monoisotopic (exact) mass is 300 g/mol. The van der Waals surface area contributed by atoms with Crippen molar-refractivity contribution in [2.24, 2.45) is 5.92 Å². The van der Waals surface area contributed by atoms with Crippen LogP contribution in [0.3, 0.4) is 0 Å². The molecule has 1 N–H and O–H groups in total. The lowest BCUT2D eigenvalue weighted by molar-refractivity contribution is -0.141. The summed E-state index contributed by atoms with van der Waals surface area (Å²) >= 11 is 1.61. The maximum absolute atomic E-state index is 12.5. The Bertz CT molecular complexity index is 358. The SMILES string of the molecule is CN(CC1CCCCC1)C(=O)N1CCSCC1C(=O)O. The number of hydrogen-bond acceptors (Lipinski definition) is 3. The molecule has 0 aromatic carbocycles. The molecule has 1 atom stereocenters. The third-order valence-electron chi connectivity index (χ3n) is 4.24. The number of aliphatic carboxylic acids is 1. The minimum absolute atomic E-state index is 0.122. The molecule has 2 amide bonds. The molecular weight excluding hydrogens is 276 g/mol. The lowest BCUT2D eigenvalue weighted by atomic mass is 9.89. The zero-order chi connectivity index (χ0) is 14.5. The molecule has 2 rings (SSSR count). The number of carboxylic acid groups (broad SMARTS) is 1. The van der Waals surface area contributed by atoms with Crippen LogP contribution in [0.5, 0.6) is 0 Å². The molecule has 1 aliphatic carbocycles. The van der Waals surface area contributed by atoms with Crippen molar-refractivity contribution in [2.75, 3.05) is 31.6 Å². The standard InChI is InChI=1S/C14H24N2O3S/c1-15(9-11-5-3-2-4-6-11)14(19)16-7-8-20-10-12(16)13(17)18/h11-12H,2-10H2,1H3,(H,17,18). The van der Waals surface area contributed by atoms with Gasteiger partial charge >= 0.3 is 12.0 Å². The predicted molar refractivity (Wildman–Crippen MR) is 80.1 cm³/mol. The topological polar surface area (TPSA) is 60.9 Å². The summed E-state index contributed by atoms with van der Waals surface area (Å²) in [6.45, 7) is 1.30. The zero-order valence-corrected chi connectivity index (χ0v) is 12.9. The van der Waals surface area contributed by atoms with Crippen LogP contribution >= 0.6 is 11.8 Å². The first-order valence-electron chi connectivity index (χ1n) is 7.42. The highest BCUT2D eigenvalue weighted by atomic mass is 32.2. The van der Waals surface area contributed by atoms with Gasteiger partial charge in [0, 0.05) is 31.6 Å². The predicted octanol–water partition coefficient (Wildman–Crippen LogP) is 2.12. The molecule has 1 heterocycles. The van der Waals surface area contributed by atoms with Gasteiger partial charge in [-0.15, -0.1) is 0 Å². The van der Waals surface area contributed by atoms with Crippen LogP contribution in [0.25, 0.3) is 0 Å². The molecule has 0 radical (unpaired) electrons.